The van der Waals surface area contributed by atoms with Crippen molar-refractivity contribution in [2.75, 3.05) is 0 Å². The zero-order valence-electron chi connectivity index (χ0n) is 8.45. The Bertz CT molecular complexity index is 448. The van der Waals surface area contributed by atoms with E-state index in [0.717, 1.165) is 0 Å². The van der Waals surface area contributed by atoms with Crippen LogP contribution in [0.5, 0.6) is 0 Å². The normalized spacial score (nSPS) is 20.6. The van der Waals surface area contributed by atoms with Gasteiger partial charge < -0.3 is 0 Å². The zero-order chi connectivity index (χ0) is 11.8. The minimum Gasteiger partial charge on any atom is -0.220 e. The van der Waals surface area contributed by atoms with Gasteiger partial charge in [0.15, 0.2) is 5.71 Å². The van der Waals surface area contributed by atoms with Gasteiger partial charge in [0.2, 0.25) is 0 Å². The molecule has 0 aliphatic carbocycles. The van der Waals surface area contributed by atoms with E-state index in [1.807, 2.05) is 0 Å². The van der Waals surface area contributed by atoms with Gasteiger partial charge in [-0.1, -0.05) is 30.3 Å². The molecular formula is C11H9F3NO+. The van der Waals surface area contributed by atoms with Crippen LogP contribution in [0.15, 0.2) is 35.3 Å². The van der Waals surface area contributed by atoms with E-state index in [1.54, 1.807) is 30.3 Å². The highest BCUT2D eigenvalue weighted by Crippen LogP contribution is 2.27. The second kappa shape index (κ2) is 3.73. The number of halogens is 3. The third kappa shape index (κ3) is 1.98. The summed E-state index contributed by atoms with van der Waals surface area (Å²) in [7, 11) is 0. The highest BCUT2D eigenvalue weighted by atomic mass is 19.4. The van der Waals surface area contributed by atoms with Crippen molar-refractivity contribution >= 4 is 11.6 Å². The van der Waals surface area contributed by atoms with Crippen LogP contribution in [-0.2, 0) is 4.42 Å². The van der Waals surface area contributed by atoms with Crippen molar-refractivity contribution in [1.29, 1.82) is 0 Å². The van der Waals surface area contributed by atoms with Crippen molar-refractivity contribution in [3.63, 3.8) is 0 Å². The second-order valence-corrected chi connectivity index (χ2v) is 3.42. The Morgan fingerprint density at radius 1 is 1.19 bits per heavy atom. The first kappa shape index (κ1) is 10.9. The van der Waals surface area contributed by atoms with Gasteiger partial charge in [-0.05, 0) is 0 Å². The van der Waals surface area contributed by atoms with Crippen LogP contribution in [-0.4, -0.2) is 23.9 Å². The zero-order valence-corrected chi connectivity index (χ0v) is 8.45. The molecule has 2 rings (SSSR count). The van der Waals surface area contributed by atoms with Crippen molar-refractivity contribution in [1.82, 2.24) is 0 Å². The molecule has 1 aliphatic rings. The molecule has 0 saturated carbocycles. The molecule has 0 bridgehead atoms. The maximum Gasteiger partial charge on any atom is 0.489 e. The van der Waals surface area contributed by atoms with Gasteiger partial charge in [0.1, 0.15) is 0 Å². The summed E-state index contributed by atoms with van der Waals surface area (Å²) in [4.78, 5) is 3.80. The van der Waals surface area contributed by atoms with Crippen molar-refractivity contribution in [2.24, 2.45) is 4.99 Å². The minimum absolute atomic E-state index is 0.0428. The number of carbonyl (C=O) groups excluding carboxylic acids is 1. The molecular weight excluding hydrogens is 219 g/mol. The first-order valence-corrected chi connectivity index (χ1v) is 4.69. The molecule has 0 aromatic heterocycles. The Labute approximate surface area is 90.1 Å². The molecule has 5 heteroatoms. The first-order chi connectivity index (χ1) is 7.48. The maximum absolute atomic E-state index is 12.7. The van der Waals surface area contributed by atoms with E-state index in [9.17, 15) is 13.2 Å². The molecule has 1 aliphatic heterocycles. The van der Waals surface area contributed by atoms with Crippen molar-refractivity contribution < 1.29 is 17.6 Å². The predicted octanol–water partition coefficient (Wildman–Crippen LogP) is 2.50. The number of nitrogens with zero attached hydrogens (tertiary/aromatic N) is 1. The van der Waals surface area contributed by atoms with Crippen LogP contribution >= 0.6 is 0 Å². The number of alkyl halides is 3. The van der Waals surface area contributed by atoms with E-state index in [0.29, 0.717) is 5.56 Å². The molecule has 0 radical (unpaired) electrons. The van der Waals surface area contributed by atoms with Gasteiger partial charge in [-0.2, -0.15) is 18.2 Å². The van der Waals surface area contributed by atoms with Gasteiger partial charge >= 0.3 is 18.2 Å². The minimum atomic E-state index is -4.44. The number of aliphatic imine (C=N–C) groups is 1. The summed E-state index contributed by atoms with van der Waals surface area (Å²) in [6.07, 6.45) is -6.39. The fraction of sp³-hybridized carbons (Fsp3) is 0.273. The molecule has 0 saturated heterocycles. The number of hydrogen-bond acceptors (Lipinski definition) is 1. The van der Waals surface area contributed by atoms with E-state index < -0.39 is 12.3 Å². The average molecular weight is 228 g/mol. The monoisotopic (exact) mass is 228 g/mol. The molecule has 0 fully saturated rings. The molecule has 2 nitrogen and oxygen atoms in total. The maximum atomic E-state index is 12.7. The molecule has 1 unspecified atom stereocenters. The molecule has 1 aromatic rings. The summed E-state index contributed by atoms with van der Waals surface area (Å²) in [6, 6.07) is 8.23. The quantitative estimate of drug-likeness (QED) is 0.659. The molecule has 0 amide bonds. The summed E-state index contributed by atoms with van der Waals surface area (Å²) in [6.45, 7) is 1.41. The van der Waals surface area contributed by atoms with Crippen LogP contribution in [0.4, 0.5) is 13.2 Å². The Morgan fingerprint density at radius 3 is 2.38 bits per heavy atom. The van der Waals surface area contributed by atoms with Crippen LogP contribution in [0.1, 0.15) is 12.5 Å². The molecule has 16 heavy (non-hydrogen) atoms. The van der Waals surface area contributed by atoms with Crippen molar-refractivity contribution in [3.05, 3.63) is 35.9 Å². The van der Waals surface area contributed by atoms with Crippen LogP contribution in [0.3, 0.4) is 0 Å². The Balaban J connectivity index is 2.40. The first-order valence-electron chi connectivity index (χ1n) is 4.69. The molecule has 1 heterocycles. The molecule has 84 valence electrons. The van der Waals surface area contributed by atoms with Gasteiger partial charge in [-0.25, -0.2) is 4.42 Å². The third-order valence-electron chi connectivity index (χ3n) is 2.18. The number of rotatable bonds is 1. The lowest BCUT2D eigenvalue weighted by atomic mass is 10.1. The Kier molecular flexibility index (Phi) is 2.53. The fourth-order valence-electron chi connectivity index (χ4n) is 1.53. The van der Waals surface area contributed by atoms with Crippen LogP contribution in [0.25, 0.3) is 0 Å². The number of hydrogen-bond donors (Lipinski definition) is 0. The lowest BCUT2D eigenvalue weighted by Gasteiger charge is -2.06. The van der Waals surface area contributed by atoms with E-state index in [2.05, 4.69) is 9.42 Å². The van der Waals surface area contributed by atoms with Crippen LogP contribution in [0.2, 0.25) is 0 Å². The summed E-state index contributed by atoms with van der Waals surface area (Å²) in [5, 5.41) is 0. The van der Waals surface area contributed by atoms with E-state index in [1.165, 1.54) is 6.92 Å². The number of benzene rings is 1. The van der Waals surface area contributed by atoms with Gasteiger partial charge in [-0.15, -0.1) is 0 Å². The van der Waals surface area contributed by atoms with Gasteiger partial charge in [0.05, 0.1) is 6.92 Å². The van der Waals surface area contributed by atoms with E-state index in [-0.39, 0.29) is 11.6 Å². The Morgan fingerprint density at radius 2 is 1.81 bits per heavy atom. The Hall–Kier alpha value is -1.65. The topological polar surface area (TPSA) is 23.7 Å². The van der Waals surface area contributed by atoms with E-state index >= 15 is 0 Å². The SMILES string of the molecule is CC1=[O+]C(C(F)(F)F)C(c2ccccc2)=N1. The van der Waals surface area contributed by atoms with Gasteiger partial charge in [0, 0.05) is 5.56 Å². The largest absolute Gasteiger partial charge is 0.489 e. The molecule has 0 spiro atoms. The molecule has 1 aromatic carbocycles. The number of amides is 1. The van der Waals surface area contributed by atoms with Gasteiger partial charge in [-0.3, -0.25) is 0 Å². The lowest BCUT2D eigenvalue weighted by molar-refractivity contribution is -0.522. The summed E-state index contributed by atoms with van der Waals surface area (Å²) < 4.78 is 42.6. The highest BCUT2D eigenvalue weighted by Gasteiger charge is 2.56. The summed E-state index contributed by atoms with van der Waals surface area (Å²) in [5.74, 6) is 0.0428. The predicted molar refractivity (Wildman–Crippen MR) is 53.5 cm³/mol. The van der Waals surface area contributed by atoms with E-state index in [4.69, 9.17) is 0 Å². The van der Waals surface area contributed by atoms with Crippen molar-refractivity contribution in [3.8, 4) is 0 Å². The standard InChI is InChI=1S/C11H9F3NO/c1-7-15-9(8-5-3-2-4-6-8)10(16-7)11(12,13)14/h2-6,10H,1H3/q+1. The lowest BCUT2D eigenvalue weighted by Crippen LogP contribution is -2.35. The van der Waals surface area contributed by atoms with Crippen molar-refractivity contribution in [2.45, 2.75) is 19.2 Å². The summed E-state index contributed by atoms with van der Waals surface area (Å²) >= 11 is 0. The van der Waals surface area contributed by atoms with Crippen LogP contribution in [0, 0.1) is 0 Å². The van der Waals surface area contributed by atoms with Gasteiger partial charge in [0.25, 0.3) is 0 Å². The third-order valence-corrected chi connectivity index (χ3v) is 2.18. The fourth-order valence-corrected chi connectivity index (χ4v) is 1.53. The smallest absolute Gasteiger partial charge is 0.220 e. The molecule has 0 N–H and O–H groups in total. The highest BCUT2D eigenvalue weighted by molar-refractivity contribution is 6.11. The van der Waals surface area contributed by atoms with Crippen LogP contribution < -0.4 is 0 Å². The second-order valence-electron chi connectivity index (χ2n) is 3.42. The average Bonchev–Trinajstić information content (AvgIpc) is 2.61. The summed E-state index contributed by atoms with van der Waals surface area (Å²) in [5.41, 5.74) is 0.354. The molecule has 1 atom stereocenters.